The minimum atomic E-state index is 0.633. The van der Waals surface area contributed by atoms with Gasteiger partial charge < -0.3 is 5.32 Å². The zero-order valence-electron chi connectivity index (χ0n) is 9.33. The van der Waals surface area contributed by atoms with Crippen molar-refractivity contribution in [2.45, 2.75) is 34.1 Å². The van der Waals surface area contributed by atoms with E-state index in [1.165, 1.54) is 0 Å². The van der Waals surface area contributed by atoms with E-state index in [-0.39, 0.29) is 0 Å². The molecule has 0 spiro atoms. The van der Waals surface area contributed by atoms with Gasteiger partial charge >= 0.3 is 0 Å². The van der Waals surface area contributed by atoms with Gasteiger partial charge in [0.2, 0.25) is 5.95 Å². The van der Waals surface area contributed by atoms with Crippen LogP contribution in [0.25, 0.3) is 0 Å². The number of aromatic nitrogens is 3. The van der Waals surface area contributed by atoms with Gasteiger partial charge in [0.1, 0.15) is 0 Å². The van der Waals surface area contributed by atoms with Crippen LogP contribution in [0.5, 0.6) is 0 Å². The first kappa shape index (κ1) is 10.9. The molecule has 14 heavy (non-hydrogen) atoms. The highest BCUT2D eigenvalue weighted by Crippen LogP contribution is 2.04. The summed E-state index contributed by atoms with van der Waals surface area (Å²) in [6.07, 6.45) is 1.16. The molecule has 1 rings (SSSR count). The second-order valence-corrected chi connectivity index (χ2v) is 3.70. The quantitative estimate of drug-likeness (QED) is 0.796. The van der Waals surface area contributed by atoms with Crippen molar-refractivity contribution in [2.75, 3.05) is 11.9 Å². The van der Waals surface area contributed by atoms with E-state index in [0.29, 0.717) is 11.9 Å². The third kappa shape index (κ3) is 2.94. The molecule has 0 amide bonds. The zero-order chi connectivity index (χ0) is 10.6. The monoisotopic (exact) mass is 194 g/mol. The predicted molar refractivity (Wildman–Crippen MR) is 57.2 cm³/mol. The molecule has 4 heteroatoms. The van der Waals surface area contributed by atoms with Crippen molar-refractivity contribution in [3.8, 4) is 0 Å². The number of nitrogens with zero attached hydrogens (tertiary/aromatic N) is 3. The summed E-state index contributed by atoms with van der Waals surface area (Å²) < 4.78 is 0. The standard InChI is InChI=1S/C10H18N4/c1-5-7(2)6-11-10-12-8(3)9(4)13-14-10/h7H,5-6H2,1-4H3,(H,11,12,14). The molecule has 1 unspecified atom stereocenters. The van der Waals surface area contributed by atoms with Crippen LogP contribution in [-0.2, 0) is 0 Å². The van der Waals surface area contributed by atoms with Crippen LogP contribution in [0.4, 0.5) is 5.95 Å². The van der Waals surface area contributed by atoms with E-state index in [0.717, 1.165) is 24.4 Å². The minimum absolute atomic E-state index is 0.633. The Morgan fingerprint density at radius 3 is 2.50 bits per heavy atom. The van der Waals surface area contributed by atoms with Gasteiger partial charge in [-0.2, -0.15) is 5.10 Å². The highest BCUT2D eigenvalue weighted by Gasteiger charge is 2.02. The Labute approximate surface area is 85.2 Å². The number of rotatable bonds is 4. The molecular formula is C10H18N4. The molecule has 78 valence electrons. The van der Waals surface area contributed by atoms with E-state index < -0.39 is 0 Å². The van der Waals surface area contributed by atoms with E-state index in [1.54, 1.807) is 0 Å². The average Bonchev–Trinajstić information content (AvgIpc) is 2.19. The molecule has 0 fully saturated rings. The van der Waals surface area contributed by atoms with E-state index in [4.69, 9.17) is 0 Å². The van der Waals surface area contributed by atoms with E-state index in [9.17, 15) is 0 Å². The van der Waals surface area contributed by atoms with Crippen molar-refractivity contribution in [1.82, 2.24) is 15.2 Å². The van der Waals surface area contributed by atoms with Crippen LogP contribution in [0.3, 0.4) is 0 Å². The molecular weight excluding hydrogens is 176 g/mol. The molecule has 0 radical (unpaired) electrons. The molecule has 0 aromatic carbocycles. The third-order valence-electron chi connectivity index (χ3n) is 2.40. The fourth-order valence-electron chi connectivity index (χ4n) is 0.942. The van der Waals surface area contributed by atoms with Crippen molar-refractivity contribution in [3.63, 3.8) is 0 Å². The molecule has 0 bridgehead atoms. The highest BCUT2D eigenvalue weighted by molar-refractivity contribution is 5.24. The van der Waals surface area contributed by atoms with Gasteiger partial charge in [-0.3, -0.25) is 0 Å². The molecule has 1 heterocycles. The summed E-state index contributed by atoms with van der Waals surface area (Å²) in [5.74, 6) is 1.27. The van der Waals surface area contributed by atoms with Crippen LogP contribution >= 0.6 is 0 Å². The highest BCUT2D eigenvalue weighted by atomic mass is 15.2. The topological polar surface area (TPSA) is 50.7 Å². The zero-order valence-corrected chi connectivity index (χ0v) is 9.33. The minimum Gasteiger partial charge on any atom is -0.353 e. The van der Waals surface area contributed by atoms with Gasteiger partial charge in [0.25, 0.3) is 0 Å². The summed E-state index contributed by atoms with van der Waals surface area (Å²) in [5.41, 5.74) is 1.82. The number of nitrogens with one attached hydrogen (secondary N) is 1. The van der Waals surface area contributed by atoms with Crippen LogP contribution in [0, 0.1) is 19.8 Å². The van der Waals surface area contributed by atoms with Gasteiger partial charge in [-0.25, -0.2) is 4.98 Å². The summed E-state index contributed by atoms with van der Waals surface area (Å²) in [6, 6.07) is 0. The maximum absolute atomic E-state index is 4.29. The maximum Gasteiger partial charge on any atom is 0.242 e. The molecule has 1 aromatic heterocycles. The first-order chi connectivity index (χ1) is 6.63. The summed E-state index contributed by atoms with van der Waals surface area (Å²) in [6.45, 7) is 9.13. The number of anilines is 1. The van der Waals surface area contributed by atoms with Crippen LogP contribution in [0.15, 0.2) is 0 Å². The summed E-state index contributed by atoms with van der Waals surface area (Å²) in [7, 11) is 0. The lowest BCUT2D eigenvalue weighted by molar-refractivity contribution is 0.590. The first-order valence-corrected chi connectivity index (χ1v) is 5.05. The Hall–Kier alpha value is -1.19. The van der Waals surface area contributed by atoms with Crippen molar-refractivity contribution < 1.29 is 0 Å². The fraction of sp³-hybridized carbons (Fsp3) is 0.700. The molecule has 4 nitrogen and oxygen atoms in total. The van der Waals surface area contributed by atoms with Gasteiger partial charge in [-0.15, -0.1) is 5.10 Å². The van der Waals surface area contributed by atoms with Gasteiger partial charge in [0.05, 0.1) is 11.4 Å². The van der Waals surface area contributed by atoms with Crippen LogP contribution in [-0.4, -0.2) is 21.7 Å². The van der Waals surface area contributed by atoms with Crippen LogP contribution < -0.4 is 5.32 Å². The Bertz CT molecular complexity index is 298. The largest absolute Gasteiger partial charge is 0.353 e. The first-order valence-electron chi connectivity index (χ1n) is 5.05. The van der Waals surface area contributed by atoms with Crippen molar-refractivity contribution in [2.24, 2.45) is 5.92 Å². The molecule has 0 saturated heterocycles. The smallest absolute Gasteiger partial charge is 0.242 e. The fourth-order valence-corrected chi connectivity index (χ4v) is 0.942. The second-order valence-electron chi connectivity index (χ2n) is 3.70. The van der Waals surface area contributed by atoms with Gasteiger partial charge in [-0.05, 0) is 19.8 Å². The summed E-state index contributed by atoms with van der Waals surface area (Å²) >= 11 is 0. The lowest BCUT2D eigenvalue weighted by atomic mass is 10.1. The van der Waals surface area contributed by atoms with E-state index in [2.05, 4.69) is 34.3 Å². The summed E-state index contributed by atoms with van der Waals surface area (Å²) in [4.78, 5) is 4.29. The predicted octanol–water partition coefficient (Wildman–Crippen LogP) is 1.95. The molecule has 0 aliphatic carbocycles. The molecule has 1 atom stereocenters. The maximum atomic E-state index is 4.29. The van der Waals surface area contributed by atoms with Crippen LogP contribution in [0.1, 0.15) is 31.7 Å². The lowest BCUT2D eigenvalue weighted by Gasteiger charge is -2.09. The lowest BCUT2D eigenvalue weighted by Crippen LogP contribution is -2.13. The average molecular weight is 194 g/mol. The van der Waals surface area contributed by atoms with Gasteiger partial charge in [-0.1, -0.05) is 20.3 Å². The van der Waals surface area contributed by atoms with Crippen molar-refractivity contribution >= 4 is 5.95 Å². The van der Waals surface area contributed by atoms with Crippen molar-refractivity contribution in [3.05, 3.63) is 11.4 Å². The number of aryl methyl sites for hydroxylation is 2. The summed E-state index contributed by atoms with van der Waals surface area (Å²) in [5, 5.41) is 11.2. The molecule has 1 N–H and O–H groups in total. The Morgan fingerprint density at radius 2 is 1.93 bits per heavy atom. The number of hydrogen-bond acceptors (Lipinski definition) is 4. The normalized spacial score (nSPS) is 12.6. The third-order valence-corrected chi connectivity index (χ3v) is 2.40. The van der Waals surface area contributed by atoms with Gasteiger partial charge in [0.15, 0.2) is 0 Å². The van der Waals surface area contributed by atoms with E-state index in [1.807, 2.05) is 13.8 Å². The second kappa shape index (κ2) is 4.88. The molecule has 0 aliphatic heterocycles. The molecule has 0 aliphatic rings. The number of hydrogen-bond donors (Lipinski definition) is 1. The van der Waals surface area contributed by atoms with Crippen LogP contribution in [0.2, 0.25) is 0 Å². The molecule has 0 saturated carbocycles. The Kier molecular flexibility index (Phi) is 3.80. The van der Waals surface area contributed by atoms with Crippen molar-refractivity contribution in [1.29, 1.82) is 0 Å². The Balaban J connectivity index is 2.55. The van der Waals surface area contributed by atoms with E-state index >= 15 is 0 Å². The SMILES string of the molecule is CCC(C)CNc1nnc(C)c(C)n1. The van der Waals surface area contributed by atoms with Gasteiger partial charge in [0, 0.05) is 6.54 Å². The Morgan fingerprint density at radius 1 is 1.21 bits per heavy atom. The molecule has 1 aromatic rings.